The van der Waals surface area contributed by atoms with Crippen LogP contribution in [0.3, 0.4) is 0 Å². The van der Waals surface area contributed by atoms with Crippen LogP contribution in [-0.2, 0) is 7.05 Å². The summed E-state index contributed by atoms with van der Waals surface area (Å²) in [4.78, 5) is 4.20. The average Bonchev–Trinajstić information content (AvgIpc) is 2.65. The normalized spacial score (nSPS) is 10.1. The predicted molar refractivity (Wildman–Crippen MR) is 64.9 cm³/mol. The van der Waals surface area contributed by atoms with Gasteiger partial charge in [0.2, 0.25) is 0 Å². The van der Waals surface area contributed by atoms with Crippen LogP contribution in [0, 0.1) is 0 Å². The lowest BCUT2D eigenvalue weighted by molar-refractivity contribution is 0.768. The number of nitrogens with zero attached hydrogens (tertiary/aromatic N) is 3. The fourth-order valence-corrected chi connectivity index (χ4v) is 1.44. The Morgan fingerprint density at radius 2 is 2.25 bits per heavy atom. The SMILES string of the molecule is CCNc1cc(Nc2cnn(C)c2)ccn1. The molecule has 0 saturated carbocycles. The molecule has 5 heteroatoms. The summed E-state index contributed by atoms with van der Waals surface area (Å²) in [5, 5.41) is 10.5. The summed E-state index contributed by atoms with van der Waals surface area (Å²) in [5.74, 6) is 0.872. The highest BCUT2D eigenvalue weighted by atomic mass is 15.3. The summed E-state index contributed by atoms with van der Waals surface area (Å²) in [6, 6.07) is 3.89. The highest BCUT2D eigenvalue weighted by Gasteiger charge is 1.98. The molecule has 16 heavy (non-hydrogen) atoms. The summed E-state index contributed by atoms with van der Waals surface area (Å²) >= 11 is 0. The van der Waals surface area contributed by atoms with Crippen LogP contribution in [0.25, 0.3) is 0 Å². The molecule has 0 atom stereocenters. The fourth-order valence-electron chi connectivity index (χ4n) is 1.44. The molecule has 0 aliphatic carbocycles. The van der Waals surface area contributed by atoms with Crippen LogP contribution in [0.5, 0.6) is 0 Å². The molecule has 2 N–H and O–H groups in total. The van der Waals surface area contributed by atoms with Crippen molar-refractivity contribution in [1.82, 2.24) is 14.8 Å². The highest BCUT2D eigenvalue weighted by molar-refractivity contribution is 5.61. The molecule has 2 aromatic rings. The van der Waals surface area contributed by atoms with Gasteiger partial charge < -0.3 is 10.6 Å². The van der Waals surface area contributed by atoms with E-state index in [1.165, 1.54) is 0 Å². The van der Waals surface area contributed by atoms with Crippen LogP contribution in [0.2, 0.25) is 0 Å². The fraction of sp³-hybridized carbons (Fsp3) is 0.273. The lowest BCUT2D eigenvalue weighted by atomic mass is 10.3. The number of rotatable bonds is 4. The van der Waals surface area contributed by atoms with Gasteiger partial charge in [-0.1, -0.05) is 0 Å². The summed E-state index contributed by atoms with van der Waals surface area (Å²) in [5.41, 5.74) is 1.97. The number of aromatic nitrogens is 3. The lowest BCUT2D eigenvalue weighted by Gasteiger charge is -2.06. The van der Waals surface area contributed by atoms with Gasteiger partial charge in [-0.25, -0.2) is 4.98 Å². The van der Waals surface area contributed by atoms with Crippen molar-refractivity contribution in [2.75, 3.05) is 17.2 Å². The van der Waals surface area contributed by atoms with Gasteiger partial charge in [0.25, 0.3) is 0 Å². The second-order valence-corrected chi connectivity index (χ2v) is 3.49. The monoisotopic (exact) mass is 217 g/mol. The van der Waals surface area contributed by atoms with Gasteiger partial charge in [0.15, 0.2) is 0 Å². The van der Waals surface area contributed by atoms with Gasteiger partial charge in [0.1, 0.15) is 5.82 Å². The maximum atomic E-state index is 4.20. The Labute approximate surface area is 94.5 Å². The Hall–Kier alpha value is -2.04. The maximum absolute atomic E-state index is 4.20. The molecule has 5 nitrogen and oxygen atoms in total. The van der Waals surface area contributed by atoms with Crippen LogP contribution < -0.4 is 10.6 Å². The maximum Gasteiger partial charge on any atom is 0.127 e. The van der Waals surface area contributed by atoms with Gasteiger partial charge in [-0.3, -0.25) is 4.68 Å². The third-order valence-electron chi connectivity index (χ3n) is 2.11. The molecular weight excluding hydrogens is 202 g/mol. The quantitative estimate of drug-likeness (QED) is 0.822. The van der Waals surface area contributed by atoms with Crippen LogP contribution in [-0.4, -0.2) is 21.3 Å². The Bertz CT molecular complexity index is 463. The van der Waals surface area contributed by atoms with Crippen LogP contribution in [0.15, 0.2) is 30.7 Å². The molecule has 2 heterocycles. The van der Waals surface area contributed by atoms with Crippen molar-refractivity contribution < 1.29 is 0 Å². The third kappa shape index (κ3) is 2.50. The standard InChI is InChI=1S/C11H15N5/c1-3-12-11-6-9(4-5-13-11)15-10-7-14-16(2)8-10/h4-8H,3H2,1-2H3,(H2,12,13,15). The van der Waals surface area contributed by atoms with Crippen molar-refractivity contribution in [2.45, 2.75) is 6.92 Å². The molecule has 2 rings (SSSR count). The minimum absolute atomic E-state index is 0.864. The van der Waals surface area contributed by atoms with Crippen molar-refractivity contribution in [3.63, 3.8) is 0 Å². The zero-order valence-electron chi connectivity index (χ0n) is 9.44. The van der Waals surface area contributed by atoms with Crippen LogP contribution in [0.4, 0.5) is 17.2 Å². The summed E-state index contributed by atoms with van der Waals surface area (Å²) in [7, 11) is 1.89. The Morgan fingerprint density at radius 3 is 2.94 bits per heavy atom. The zero-order chi connectivity index (χ0) is 11.4. The first kappa shape index (κ1) is 10.5. The third-order valence-corrected chi connectivity index (χ3v) is 2.11. The van der Waals surface area contributed by atoms with Gasteiger partial charge in [-0.2, -0.15) is 5.10 Å². The van der Waals surface area contributed by atoms with Crippen molar-refractivity contribution in [3.8, 4) is 0 Å². The smallest absolute Gasteiger partial charge is 0.127 e. The summed E-state index contributed by atoms with van der Waals surface area (Å²) < 4.78 is 1.76. The zero-order valence-corrected chi connectivity index (χ0v) is 9.44. The van der Waals surface area contributed by atoms with Crippen LogP contribution >= 0.6 is 0 Å². The minimum atomic E-state index is 0.864. The summed E-state index contributed by atoms with van der Waals surface area (Å²) in [6.07, 6.45) is 5.48. The minimum Gasteiger partial charge on any atom is -0.370 e. The molecule has 0 spiro atoms. The molecule has 84 valence electrons. The average molecular weight is 217 g/mol. The molecule has 0 radical (unpaired) electrons. The Kier molecular flexibility index (Phi) is 3.05. The molecular formula is C11H15N5. The second kappa shape index (κ2) is 4.65. The topological polar surface area (TPSA) is 54.8 Å². The molecule has 0 aliphatic heterocycles. The molecule has 0 bridgehead atoms. The number of hydrogen-bond donors (Lipinski definition) is 2. The van der Waals surface area contributed by atoms with Gasteiger partial charge in [0.05, 0.1) is 11.9 Å². The van der Waals surface area contributed by atoms with Gasteiger partial charge in [-0.15, -0.1) is 0 Å². The van der Waals surface area contributed by atoms with E-state index in [1.54, 1.807) is 17.1 Å². The molecule has 0 amide bonds. The van der Waals surface area contributed by atoms with E-state index >= 15 is 0 Å². The number of nitrogens with one attached hydrogen (secondary N) is 2. The number of hydrogen-bond acceptors (Lipinski definition) is 4. The highest BCUT2D eigenvalue weighted by Crippen LogP contribution is 2.17. The van der Waals surface area contributed by atoms with E-state index in [9.17, 15) is 0 Å². The van der Waals surface area contributed by atoms with Crippen molar-refractivity contribution in [1.29, 1.82) is 0 Å². The first-order valence-electron chi connectivity index (χ1n) is 5.23. The first-order valence-corrected chi connectivity index (χ1v) is 5.23. The number of aryl methyl sites for hydroxylation is 1. The van der Waals surface area contributed by atoms with Gasteiger partial charge >= 0.3 is 0 Å². The number of anilines is 3. The van der Waals surface area contributed by atoms with E-state index in [2.05, 4.69) is 20.7 Å². The van der Waals surface area contributed by atoms with Crippen LogP contribution in [0.1, 0.15) is 6.92 Å². The Balaban J connectivity index is 2.12. The molecule has 0 saturated heterocycles. The van der Waals surface area contributed by atoms with Crippen molar-refractivity contribution in [3.05, 3.63) is 30.7 Å². The number of pyridine rings is 1. The molecule has 0 unspecified atom stereocenters. The predicted octanol–water partition coefficient (Wildman–Crippen LogP) is 1.99. The lowest BCUT2D eigenvalue weighted by Crippen LogP contribution is -1.99. The molecule has 2 aromatic heterocycles. The Morgan fingerprint density at radius 1 is 1.38 bits per heavy atom. The van der Waals surface area contributed by atoms with Gasteiger partial charge in [0, 0.05) is 37.7 Å². The van der Waals surface area contributed by atoms with Crippen molar-refractivity contribution >= 4 is 17.2 Å². The molecule has 0 aromatic carbocycles. The van der Waals surface area contributed by atoms with Gasteiger partial charge in [-0.05, 0) is 13.0 Å². The van der Waals surface area contributed by atoms with E-state index in [0.717, 1.165) is 23.7 Å². The first-order chi connectivity index (χ1) is 7.78. The van der Waals surface area contributed by atoms with E-state index < -0.39 is 0 Å². The van der Waals surface area contributed by atoms with E-state index in [4.69, 9.17) is 0 Å². The largest absolute Gasteiger partial charge is 0.370 e. The summed E-state index contributed by atoms with van der Waals surface area (Å²) in [6.45, 7) is 2.91. The van der Waals surface area contributed by atoms with E-state index in [0.29, 0.717) is 0 Å². The second-order valence-electron chi connectivity index (χ2n) is 3.49. The molecule has 0 fully saturated rings. The van der Waals surface area contributed by atoms with E-state index in [1.807, 2.05) is 32.3 Å². The van der Waals surface area contributed by atoms with Crippen molar-refractivity contribution in [2.24, 2.45) is 7.05 Å². The molecule has 0 aliphatic rings. The van der Waals surface area contributed by atoms with E-state index in [-0.39, 0.29) is 0 Å².